The fourth-order valence-electron chi connectivity index (χ4n) is 1.87. The first-order valence-corrected chi connectivity index (χ1v) is 6.43. The van der Waals surface area contributed by atoms with Crippen LogP contribution in [0, 0.1) is 6.92 Å². The van der Waals surface area contributed by atoms with Gasteiger partial charge in [-0.2, -0.15) is 4.98 Å². The molecule has 0 aliphatic heterocycles. The summed E-state index contributed by atoms with van der Waals surface area (Å²) in [5.74, 6) is -0.347. The summed E-state index contributed by atoms with van der Waals surface area (Å²) in [5.41, 5.74) is 0.853. The van der Waals surface area contributed by atoms with E-state index >= 15 is 0 Å². The zero-order chi connectivity index (χ0) is 15.2. The first-order valence-electron chi connectivity index (χ1n) is 6.43. The maximum absolute atomic E-state index is 11.7. The highest BCUT2D eigenvalue weighted by Crippen LogP contribution is 2.11. The monoisotopic (exact) mass is 289 g/mol. The summed E-state index contributed by atoms with van der Waals surface area (Å²) in [7, 11) is 0. The molecule has 0 atom stereocenters. The molecule has 7 nitrogen and oxygen atoms in total. The molecular formula is C14H15N3O4. The van der Waals surface area contributed by atoms with Crippen LogP contribution in [0.2, 0.25) is 0 Å². The van der Waals surface area contributed by atoms with E-state index in [0.29, 0.717) is 23.7 Å². The SMILES string of the molecule is Cc1noc(CNC(=O)CCc2ccccc2C(=O)O)n1. The minimum Gasteiger partial charge on any atom is -0.478 e. The van der Waals surface area contributed by atoms with Crippen LogP contribution in [0.5, 0.6) is 0 Å². The molecule has 1 amide bonds. The van der Waals surface area contributed by atoms with Gasteiger partial charge in [0.05, 0.1) is 12.1 Å². The molecule has 21 heavy (non-hydrogen) atoms. The number of amides is 1. The lowest BCUT2D eigenvalue weighted by Crippen LogP contribution is -2.23. The third-order valence-corrected chi connectivity index (χ3v) is 2.88. The molecule has 0 radical (unpaired) electrons. The van der Waals surface area contributed by atoms with Gasteiger partial charge in [-0.1, -0.05) is 23.4 Å². The second-order valence-corrected chi connectivity index (χ2v) is 4.47. The van der Waals surface area contributed by atoms with Crippen molar-refractivity contribution in [3.05, 3.63) is 47.1 Å². The Kier molecular flexibility index (Phi) is 4.65. The smallest absolute Gasteiger partial charge is 0.335 e. The van der Waals surface area contributed by atoms with E-state index in [1.807, 2.05) is 0 Å². The zero-order valence-electron chi connectivity index (χ0n) is 11.5. The van der Waals surface area contributed by atoms with Crippen LogP contribution >= 0.6 is 0 Å². The third kappa shape index (κ3) is 4.13. The van der Waals surface area contributed by atoms with Crippen molar-refractivity contribution in [2.45, 2.75) is 26.3 Å². The molecule has 0 saturated carbocycles. The number of benzene rings is 1. The summed E-state index contributed by atoms with van der Waals surface area (Å²) in [6.45, 7) is 1.86. The fraction of sp³-hybridized carbons (Fsp3) is 0.286. The Bertz CT molecular complexity index is 651. The van der Waals surface area contributed by atoms with Gasteiger partial charge in [-0.15, -0.1) is 0 Å². The molecule has 0 aliphatic carbocycles. The van der Waals surface area contributed by atoms with Crippen molar-refractivity contribution in [3.8, 4) is 0 Å². The maximum Gasteiger partial charge on any atom is 0.335 e. The van der Waals surface area contributed by atoms with Gasteiger partial charge in [-0.05, 0) is 25.0 Å². The Hall–Kier alpha value is -2.70. The number of nitrogens with one attached hydrogen (secondary N) is 1. The van der Waals surface area contributed by atoms with Crippen LogP contribution in [0.15, 0.2) is 28.8 Å². The van der Waals surface area contributed by atoms with Gasteiger partial charge in [0.15, 0.2) is 5.82 Å². The van der Waals surface area contributed by atoms with Crippen LogP contribution in [-0.2, 0) is 17.8 Å². The van der Waals surface area contributed by atoms with Gasteiger partial charge in [0.1, 0.15) is 0 Å². The van der Waals surface area contributed by atoms with E-state index in [-0.39, 0.29) is 24.4 Å². The van der Waals surface area contributed by atoms with Crippen LogP contribution in [0.4, 0.5) is 0 Å². The molecule has 2 aromatic rings. The minimum absolute atomic E-state index is 0.167. The molecule has 0 bridgehead atoms. The van der Waals surface area contributed by atoms with E-state index in [1.165, 1.54) is 6.07 Å². The molecule has 2 rings (SSSR count). The highest BCUT2D eigenvalue weighted by atomic mass is 16.5. The molecule has 1 aromatic carbocycles. The van der Waals surface area contributed by atoms with Crippen molar-refractivity contribution in [1.29, 1.82) is 0 Å². The lowest BCUT2D eigenvalue weighted by molar-refractivity contribution is -0.121. The Morgan fingerprint density at radius 1 is 1.33 bits per heavy atom. The number of aromatic carboxylic acids is 1. The van der Waals surface area contributed by atoms with Gasteiger partial charge in [-0.25, -0.2) is 4.79 Å². The Morgan fingerprint density at radius 2 is 2.10 bits per heavy atom. The third-order valence-electron chi connectivity index (χ3n) is 2.88. The molecular weight excluding hydrogens is 274 g/mol. The van der Waals surface area contributed by atoms with E-state index in [1.54, 1.807) is 25.1 Å². The molecule has 1 aromatic heterocycles. The minimum atomic E-state index is -0.993. The number of carbonyl (C=O) groups excluding carboxylic acids is 1. The van der Waals surface area contributed by atoms with Crippen molar-refractivity contribution in [1.82, 2.24) is 15.5 Å². The molecule has 2 N–H and O–H groups in total. The highest BCUT2D eigenvalue weighted by Gasteiger charge is 2.11. The average Bonchev–Trinajstić information content (AvgIpc) is 2.88. The van der Waals surface area contributed by atoms with E-state index in [2.05, 4.69) is 15.5 Å². The Balaban J connectivity index is 1.85. The van der Waals surface area contributed by atoms with Gasteiger partial charge in [-0.3, -0.25) is 4.79 Å². The fourth-order valence-corrected chi connectivity index (χ4v) is 1.87. The summed E-state index contributed by atoms with van der Waals surface area (Å²) in [5, 5.41) is 15.3. The number of rotatable bonds is 6. The van der Waals surface area contributed by atoms with Gasteiger partial charge >= 0.3 is 5.97 Å². The van der Waals surface area contributed by atoms with E-state index in [0.717, 1.165) is 0 Å². The quantitative estimate of drug-likeness (QED) is 0.831. The standard InChI is InChI=1S/C14H15N3O4/c1-9-16-13(21-17-9)8-15-12(18)7-6-10-4-2-3-5-11(10)14(19)20/h2-5H,6-8H2,1H3,(H,15,18)(H,19,20). The van der Waals surface area contributed by atoms with Crippen molar-refractivity contribution in [2.75, 3.05) is 0 Å². The molecule has 110 valence electrons. The summed E-state index contributed by atoms with van der Waals surface area (Å²) >= 11 is 0. The summed E-state index contributed by atoms with van der Waals surface area (Å²) in [6, 6.07) is 6.64. The van der Waals surface area contributed by atoms with Crippen LogP contribution in [0.25, 0.3) is 0 Å². The number of carboxylic acid groups (broad SMARTS) is 1. The molecule has 0 fully saturated rings. The largest absolute Gasteiger partial charge is 0.478 e. The van der Waals surface area contributed by atoms with Gasteiger partial charge in [0, 0.05) is 6.42 Å². The molecule has 0 saturated heterocycles. The second kappa shape index (κ2) is 6.65. The lowest BCUT2D eigenvalue weighted by Gasteiger charge is -2.06. The highest BCUT2D eigenvalue weighted by molar-refractivity contribution is 5.89. The topological polar surface area (TPSA) is 105 Å². The maximum atomic E-state index is 11.7. The van der Waals surface area contributed by atoms with Crippen LogP contribution in [-0.4, -0.2) is 27.1 Å². The predicted molar refractivity (Wildman–Crippen MR) is 72.6 cm³/mol. The Labute approximate surface area is 121 Å². The number of nitrogens with zero attached hydrogens (tertiary/aromatic N) is 2. The molecule has 1 heterocycles. The normalized spacial score (nSPS) is 10.3. The van der Waals surface area contributed by atoms with Crippen LogP contribution in [0.1, 0.15) is 34.1 Å². The molecule has 7 heteroatoms. The van der Waals surface area contributed by atoms with E-state index in [9.17, 15) is 9.59 Å². The van der Waals surface area contributed by atoms with E-state index in [4.69, 9.17) is 9.63 Å². The van der Waals surface area contributed by atoms with Gasteiger partial charge < -0.3 is 14.9 Å². The number of hydrogen-bond donors (Lipinski definition) is 2. The second-order valence-electron chi connectivity index (χ2n) is 4.47. The first kappa shape index (κ1) is 14.7. The number of hydrogen-bond acceptors (Lipinski definition) is 5. The van der Waals surface area contributed by atoms with Crippen molar-refractivity contribution in [2.24, 2.45) is 0 Å². The molecule has 0 spiro atoms. The number of carboxylic acids is 1. The van der Waals surface area contributed by atoms with Crippen LogP contribution < -0.4 is 5.32 Å². The molecule has 0 unspecified atom stereocenters. The summed E-state index contributed by atoms with van der Waals surface area (Å²) < 4.78 is 4.87. The zero-order valence-corrected chi connectivity index (χ0v) is 11.5. The number of aromatic nitrogens is 2. The van der Waals surface area contributed by atoms with Crippen molar-refractivity contribution in [3.63, 3.8) is 0 Å². The lowest BCUT2D eigenvalue weighted by atomic mass is 10.0. The number of carbonyl (C=O) groups is 2. The predicted octanol–water partition coefficient (Wildman–Crippen LogP) is 1.33. The van der Waals surface area contributed by atoms with Crippen LogP contribution in [0.3, 0.4) is 0 Å². The summed E-state index contributed by atoms with van der Waals surface area (Å²) in [4.78, 5) is 26.7. The van der Waals surface area contributed by atoms with Gasteiger partial charge in [0.25, 0.3) is 0 Å². The van der Waals surface area contributed by atoms with Gasteiger partial charge in [0.2, 0.25) is 11.8 Å². The number of aryl methyl sites for hydroxylation is 2. The summed E-state index contributed by atoms with van der Waals surface area (Å²) in [6.07, 6.45) is 0.550. The first-order chi connectivity index (χ1) is 10.1. The van der Waals surface area contributed by atoms with E-state index < -0.39 is 5.97 Å². The van der Waals surface area contributed by atoms with Crippen molar-refractivity contribution < 1.29 is 19.2 Å². The Morgan fingerprint density at radius 3 is 2.76 bits per heavy atom. The average molecular weight is 289 g/mol. The molecule has 0 aliphatic rings. The van der Waals surface area contributed by atoms with Crippen molar-refractivity contribution >= 4 is 11.9 Å².